The normalized spacial score (nSPS) is 12.7. The summed E-state index contributed by atoms with van der Waals surface area (Å²) in [5, 5.41) is 3.85. The van der Waals surface area contributed by atoms with Gasteiger partial charge in [0.25, 0.3) is 0 Å². The average Bonchev–Trinajstić information content (AvgIpc) is 2.78. The van der Waals surface area contributed by atoms with Gasteiger partial charge in [0.15, 0.2) is 17.5 Å². The first-order valence-electron chi connectivity index (χ1n) is 4.88. The molecule has 1 aromatic carbocycles. The van der Waals surface area contributed by atoms with Gasteiger partial charge in [-0.3, -0.25) is 0 Å². The van der Waals surface area contributed by atoms with Crippen LogP contribution in [0.1, 0.15) is 16.0 Å². The van der Waals surface area contributed by atoms with Crippen molar-refractivity contribution in [1.82, 2.24) is 0 Å². The van der Waals surface area contributed by atoms with Crippen LogP contribution in [0.5, 0.6) is 0 Å². The molecule has 0 radical (unpaired) electrons. The molecule has 90 valence electrons. The fraction of sp³-hybridized carbons (Fsp3) is 0.167. The Bertz CT molecular complexity index is 511. The topological polar surface area (TPSA) is 0 Å². The van der Waals surface area contributed by atoms with Gasteiger partial charge in [-0.15, -0.1) is 0 Å². The van der Waals surface area contributed by atoms with Crippen LogP contribution < -0.4 is 0 Å². The van der Waals surface area contributed by atoms with E-state index in [0.29, 0.717) is 6.42 Å². The molecule has 2 aromatic rings. The van der Waals surface area contributed by atoms with Crippen LogP contribution in [0.25, 0.3) is 0 Å². The molecule has 1 aromatic heterocycles. The molecule has 0 bridgehead atoms. The Labute approximate surface area is 109 Å². The Morgan fingerprint density at radius 1 is 1.12 bits per heavy atom. The molecule has 0 saturated heterocycles. The Morgan fingerprint density at radius 3 is 2.53 bits per heavy atom. The highest BCUT2D eigenvalue weighted by Gasteiger charge is 2.19. The standard InChI is InChI=1S/C12H8BrF3S/c13-9(5-7-3-4-17-6-7)8-1-2-10(14)12(16)11(8)15/h1-4,6,9H,5H2. The van der Waals surface area contributed by atoms with Crippen molar-refractivity contribution < 1.29 is 13.2 Å². The molecule has 0 fully saturated rings. The summed E-state index contributed by atoms with van der Waals surface area (Å²) in [5.74, 6) is -3.71. The van der Waals surface area contributed by atoms with Gasteiger partial charge in [-0.05, 0) is 34.9 Å². The fourth-order valence-corrected chi connectivity index (χ4v) is 2.92. The second-order valence-electron chi connectivity index (χ2n) is 3.57. The van der Waals surface area contributed by atoms with Crippen molar-refractivity contribution in [2.75, 3.05) is 0 Å². The van der Waals surface area contributed by atoms with E-state index in [4.69, 9.17) is 0 Å². The van der Waals surface area contributed by atoms with E-state index in [1.165, 1.54) is 17.4 Å². The summed E-state index contributed by atoms with van der Waals surface area (Å²) in [6, 6.07) is 4.12. The molecule has 0 aliphatic rings. The fourth-order valence-electron chi connectivity index (χ4n) is 1.51. The number of rotatable bonds is 3. The lowest BCUT2D eigenvalue weighted by Crippen LogP contribution is -2.02. The summed E-state index contributed by atoms with van der Waals surface area (Å²) in [4.78, 5) is -0.368. The second-order valence-corrected chi connectivity index (χ2v) is 5.45. The molecule has 0 nitrogen and oxygen atoms in total. The van der Waals surface area contributed by atoms with E-state index in [-0.39, 0.29) is 10.4 Å². The summed E-state index contributed by atoms with van der Waals surface area (Å²) in [6.45, 7) is 0. The molecule has 2 rings (SSSR count). The molecule has 0 saturated carbocycles. The number of hydrogen-bond donors (Lipinski definition) is 0. The summed E-state index contributed by atoms with van der Waals surface area (Å²) in [6.07, 6.45) is 0.533. The van der Waals surface area contributed by atoms with Crippen LogP contribution in [-0.2, 0) is 6.42 Å². The molecule has 0 N–H and O–H groups in total. The van der Waals surface area contributed by atoms with Gasteiger partial charge in [0, 0.05) is 10.4 Å². The summed E-state index contributed by atoms with van der Waals surface area (Å²) < 4.78 is 39.3. The number of hydrogen-bond acceptors (Lipinski definition) is 1. The van der Waals surface area contributed by atoms with Crippen LogP contribution >= 0.6 is 27.3 Å². The van der Waals surface area contributed by atoms with Gasteiger partial charge in [0.05, 0.1) is 0 Å². The van der Waals surface area contributed by atoms with Gasteiger partial charge in [-0.2, -0.15) is 11.3 Å². The molecule has 0 amide bonds. The van der Waals surface area contributed by atoms with Crippen LogP contribution in [-0.4, -0.2) is 0 Å². The van der Waals surface area contributed by atoms with Gasteiger partial charge < -0.3 is 0 Å². The summed E-state index contributed by atoms with van der Waals surface area (Å²) in [5.41, 5.74) is 1.16. The van der Waals surface area contributed by atoms with Crippen molar-refractivity contribution in [3.8, 4) is 0 Å². The van der Waals surface area contributed by atoms with Crippen molar-refractivity contribution in [3.63, 3.8) is 0 Å². The van der Waals surface area contributed by atoms with Crippen molar-refractivity contribution in [1.29, 1.82) is 0 Å². The molecule has 0 aliphatic carbocycles. The highest BCUT2D eigenvalue weighted by molar-refractivity contribution is 9.09. The smallest absolute Gasteiger partial charge is 0.194 e. The highest BCUT2D eigenvalue weighted by atomic mass is 79.9. The van der Waals surface area contributed by atoms with Gasteiger partial charge in [0.1, 0.15) is 0 Å². The Morgan fingerprint density at radius 2 is 1.88 bits per heavy atom. The third-order valence-corrected chi connectivity index (χ3v) is 3.95. The molecule has 1 unspecified atom stereocenters. The van der Waals surface area contributed by atoms with Crippen LogP contribution in [0.2, 0.25) is 0 Å². The minimum atomic E-state index is -1.42. The number of alkyl halides is 1. The van der Waals surface area contributed by atoms with Crippen LogP contribution in [0.4, 0.5) is 13.2 Å². The van der Waals surface area contributed by atoms with Crippen molar-refractivity contribution in [2.45, 2.75) is 11.2 Å². The zero-order valence-electron chi connectivity index (χ0n) is 8.59. The van der Waals surface area contributed by atoms with Crippen molar-refractivity contribution in [3.05, 3.63) is 57.5 Å². The third kappa shape index (κ3) is 2.72. The SMILES string of the molecule is Fc1ccc(C(Br)Cc2ccsc2)c(F)c1F. The van der Waals surface area contributed by atoms with E-state index in [1.807, 2.05) is 16.8 Å². The maximum absolute atomic E-state index is 13.5. The minimum absolute atomic E-state index is 0.134. The lowest BCUT2D eigenvalue weighted by molar-refractivity contribution is 0.440. The Kier molecular flexibility index (Phi) is 3.89. The quantitative estimate of drug-likeness (QED) is 0.560. The number of halogens is 4. The van der Waals surface area contributed by atoms with Gasteiger partial charge in [-0.1, -0.05) is 22.0 Å². The largest absolute Gasteiger partial charge is 0.204 e. The van der Waals surface area contributed by atoms with Gasteiger partial charge >= 0.3 is 0 Å². The van der Waals surface area contributed by atoms with Crippen LogP contribution in [0.15, 0.2) is 29.0 Å². The minimum Gasteiger partial charge on any atom is -0.204 e. The van der Waals surface area contributed by atoms with Crippen molar-refractivity contribution in [2.24, 2.45) is 0 Å². The van der Waals surface area contributed by atoms with E-state index in [9.17, 15) is 13.2 Å². The summed E-state index contributed by atoms with van der Waals surface area (Å²) >= 11 is 4.83. The molecule has 17 heavy (non-hydrogen) atoms. The van der Waals surface area contributed by atoms with E-state index in [1.54, 1.807) is 0 Å². The predicted octanol–water partition coefficient (Wildman–Crippen LogP) is 4.84. The van der Waals surface area contributed by atoms with Gasteiger partial charge in [-0.25, -0.2) is 13.2 Å². The molecule has 0 aliphatic heterocycles. The zero-order valence-corrected chi connectivity index (χ0v) is 11.0. The van der Waals surface area contributed by atoms with Crippen LogP contribution in [0.3, 0.4) is 0 Å². The van der Waals surface area contributed by atoms with E-state index >= 15 is 0 Å². The first-order chi connectivity index (χ1) is 8.09. The highest BCUT2D eigenvalue weighted by Crippen LogP contribution is 2.31. The molecular weight excluding hydrogens is 313 g/mol. The summed E-state index contributed by atoms with van der Waals surface area (Å²) in [7, 11) is 0. The molecule has 1 heterocycles. The third-order valence-electron chi connectivity index (χ3n) is 2.40. The first-order valence-corrected chi connectivity index (χ1v) is 6.74. The molecular formula is C12H8BrF3S. The molecule has 0 spiro atoms. The average molecular weight is 321 g/mol. The maximum atomic E-state index is 13.5. The first kappa shape index (κ1) is 12.6. The lowest BCUT2D eigenvalue weighted by atomic mass is 10.1. The molecule has 1 atom stereocenters. The number of benzene rings is 1. The lowest BCUT2D eigenvalue weighted by Gasteiger charge is -2.11. The van der Waals surface area contributed by atoms with Crippen LogP contribution in [0, 0.1) is 17.5 Å². The van der Waals surface area contributed by atoms with E-state index in [0.717, 1.165) is 11.6 Å². The monoisotopic (exact) mass is 320 g/mol. The Hall–Kier alpha value is -0.810. The maximum Gasteiger partial charge on any atom is 0.194 e. The van der Waals surface area contributed by atoms with Crippen molar-refractivity contribution >= 4 is 27.3 Å². The van der Waals surface area contributed by atoms with Gasteiger partial charge in [0.2, 0.25) is 0 Å². The van der Waals surface area contributed by atoms with E-state index < -0.39 is 17.5 Å². The molecule has 5 heteroatoms. The number of thiophene rings is 1. The Balaban J connectivity index is 2.25. The zero-order chi connectivity index (χ0) is 12.4. The second kappa shape index (κ2) is 5.23. The van der Waals surface area contributed by atoms with E-state index in [2.05, 4.69) is 15.9 Å². The predicted molar refractivity (Wildman–Crippen MR) is 66.0 cm³/mol.